The summed E-state index contributed by atoms with van der Waals surface area (Å²) in [5.41, 5.74) is 6.81. The van der Waals surface area contributed by atoms with E-state index in [2.05, 4.69) is 22.1 Å². The number of aromatic nitrogens is 1. The molecule has 0 aliphatic carbocycles. The van der Waals surface area contributed by atoms with Gasteiger partial charge in [-0.05, 0) is 18.2 Å². The van der Waals surface area contributed by atoms with Crippen LogP contribution in [0, 0.1) is 11.8 Å². The van der Waals surface area contributed by atoms with Gasteiger partial charge in [0.1, 0.15) is 5.69 Å². The van der Waals surface area contributed by atoms with Crippen LogP contribution in [-0.4, -0.2) is 17.4 Å². The molecule has 1 amide bonds. The Labute approximate surface area is 109 Å². The maximum Gasteiger partial charge on any atom is 0.267 e. The van der Waals surface area contributed by atoms with E-state index in [0.29, 0.717) is 18.8 Å². The highest BCUT2D eigenvalue weighted by Gasteiger charge is 2.05. The van der Waals surface area contributed by atoms with E-state index in [-0.39, 0.29) is 5.91 Å². The highest BCUT2D eigenvalue weighted by Crippen LogP contribution is 2.13. The van der Waals surface area contributed by atoms with Crippen LogP contribution in [0.5, 0.6) is 0 Å². The van der Waals surface area contributed by atoms with Crippen LogP contribution in [-0.2, 0) is 6.54 Å². The molecule has 0 saturated heterocycles. The van der Waals surface area contributed by atoms with Gasteiger partial charge in [-0.3, -0.25) is 4.79 Å². The van der Waals surface area contributed by atoms with Gasteiger partial charge in [0, 0.05) is 22.0 Å². The van der Waals surface area contributed by atoms with Gasteiger partial charge < -0.3 is 16.0 Å². The first-order valence-corrected chi connectivity index (χ1v) is 6.35. The third-order valence-corrected chi connectivity index (χ3v) is 3.19. The van der Waals surface area contributed by atoms with E-state index in [1.165, 1.54) is 0 Å². The van der Waals surface area contributed by atoms with Crippen molar-refractivity contribution in [2.24, 2.45) is 5.73 Å². The summed E-state index contributed by atoms with van der Waals surface area (Å²) >= 11 is 1.57. The fourth-order valence-electron chi connectivity index (χ4n) is 1.43. The average Bonchev–Trinajstić information content (AvgIpc) is 3.04. The Morgan fingerprint density at radius 3 is 3.17 bits per heavy atom. The molecular weight excluding hydrogens is 246 g/mol. The molecule has 2 rings (SSSR count). The zero-order chi connectivity index (χ0) is 12.8. The quantitative estimate of drug-likeness (QED) is 0.727. The van der Waals surface area contributed by atoms with Crippen molar-refractivity contribution in [3.8, 4) is 11.8 Å². The molecule has 0 atom stereocenters. The highest BCUT2D eigenvalue weighted by atomic mass is 32.1. The molecule has 4 nitrogen and oxygen atoms in total. The zero-order valence-corrected chi connectivity index (χ0v) is 10.5. The first-order chi connectivity index (χ1) is 8.79. The molecule has 0 saturated carbocycles. The molecule has 2 aromatic heterocycles. The molecule has 0 bridgehead atoms. The second-order valence-corrected chi connectivity index (χ2v) is 4.57. The number of aromatic amines is 1. The summed E-state index contributed by atoms with van der Waals surface area (Å²) in [6.45, 7) is 0.863. The topological polar surface area (TPSA) is 70.9 Å². The van der Waals surface area contributed by atoms with Crippen LogP contribution in [0.4, 0.5) is 0 Å². The van der Waals surface area contributed by atoms with Gasteiger partial charge in [0.15, 0.2) is 0 Å². The summed E-state index contributed by atoms with van der Waals surface area (Å²) in [6.07, 6.45) is 1.72. The Hall–Kier alpha value is -2.03. The van der Waals surface area contributed by atoms with Gasteiger partial charge in [0.2, 0.25) is 0 Å². The largest absolute Gasteiger partial charge is 0.357 e. The SMILES string of the molecule is NCC#Cc1csc(CNC(=O)c2ccc[nH]2)c1. The third-order valence-electron chi connectivity index (χ3n) is 2.25. The van der Waals surface area contributed by atoms with Gasteiger partial charge >= 0.3 is 0 Å². The lowest BCUT2D eigenvalue weighted by Gasteiger charge is -2.00. The summed E-state index contributed by atoms with van der Waals surface area (Å²) in [5.74, 6) is 5.65. The second kappa shape index (κ2) is 6.05. The van der Waals surface area contributed by atoms with E-state index in [9.17, 15) is 4.79 Å². The Kier molecular flexibility index (Phi) is 4.18. The normalized spacial score (nSPS) is 9.61. The van der Waals surface area contributed by atoms with Crippen LogP contribution in [0.2, 0.25) is 0 Å². The van der Waals surface area contributed by atoms with Crippen molar-refractivity contribution in [1.82, 2.24) is 10.3 Å². The molecule has 2 heterocycles. The molecule has 0 aromatic carbocycles. The maximum atomic E-state index is 11.7. The molecular formula is C13H13N3OS. The molecule has 18 heavy (non-hydrogen) atoms. The van der Waals surface area contributed by atoms with Gasteiger partial charge in [-0.2, -0.15) is 0 Å². The van der Waals surface area contributed by atoms with E-state index >= 15 is 0 Å². The molecule has 4 N–H and O–H groups in total. The van der Waals surface area contributed by atoms with Crippen molar-refractivity contribution in [2.45, 2.75) is 6.54 Å². The van der Waals surface area contributed by atoms with E-state index in [4.69, 9.17) is 5.73 Å². The van der Waals surface area contributed by atoms with Crippen molar-refractivity contribution in [3.05, 3.63) is 45.9 Å². The highest BCUT2D eigenvalue weighted by molar-refractivity contribution is 7.10. The minimum absolute atomic E-state index is 0.108. The van der Waals surface area contributed by atoms with Crippen LogP contribution in [0.3, 0.4) is 0 Å². The lowest BCUT2D eigenvalue weighted by molar-refractivity contribution is 0.0947. The van der Waals surface area contributed by atoms with Gasteiger partial charge in [-0.25, -0.2) is 0 Å². The minimum atomic E-state index is -0.108. The van der Waals surface area contributed by atoms with Gasteiger partial charge in [0.25, 0.3) is 5.91 Å². The minimum Gasteiger partial charge on any atom is -0.357 e. The summed E-state index contributed by atoms with van der Waals surface area (Å²) < 4.78 is 0. The fourth-order valence-corrected chi connectivity index (χ4v) is 2.18. The number of amides is 1. The lowest BCUT2D eigenvalue weighted by Crippen LogP contribution is -2.22. The second-order valence-electron chi connectivity index (χ2n) is 3.57. The number of hydrogen-bond donors (Lipinski definition) is 3. The molecule has 92 valence electrons. The molecule has 0 spiro atoms. The standard InChI is InChI=1S/C13H13N3OS/c14-5-1-3-10-7-11(18-9-10)8-16-13(17)12-4-2-6-15-12/h2,4,6-7,9,15H,5,8,14H2,(H,16,17). The van der Waals surface area contributed by atoms with E-state index in [0.717, 1.165) is 10.4 Å². The van der Waals surface area contributed by atoms with Crippen molar-refractivity contribution < 1.29 is 4.79 Å². The Morgan fingerprint density at radius 1 is 1.56 bits per heavy atom. The monoisotopic (exact) mass is 259 g/mol. The first kappa shape index (κ1) is 12.4. The number of rotatable bonds is 3. The first-order valence-electron chi connectivity index (χ1n) is 5.47. The molecule has 0 radical (unpaired) electrons. The van der Waals surface area contributed by atoms with Crippen LogP contribution >= 0.6 is 11.3 Å². The maximum absolute atomic E-state index is 11.7. The van der Waals surface area contributed by atoms with Crippen molar-refractivity contribution >= 4 is 17.2 Å². The molecule has 0 aliphatic rings. The predicted molar refractivity (Wildman–Crippen MR) is 72.2 cm³/mol. The van der Waals surface area contributed by atoms with Crippen molar-refractivity contribution in [2.75, 3.05) is 6.54 Å². The third kappa shape index (κ3) is 3.23. The molecule has 0 fully saturated rings. The lowest BCUT2D eigenvalue weighted by atomic mass is 10.3. The smallest absolute Gasteiger partial charge is 0.267 e. The Bertz CT molecular complexity index is 575. The molecule has 5 heteroatoms. The van der Waals surface area contributed by atoms with Crippen LogP contribution in [0.15, 0.2) is 29.8 Å². The van der Waals surface area contributed by atoms with Gasteiger partial charge in [-0.1, -0.05) is 11.8 Å². The summed E-state index contributed by atoms with van der Waals surface area (Å²) in [4.78, 5) is 15.6. The predicted octanol–water partition coefficient (Wildman–Crippen LogP) is 1.32. The van der Waals surface area contributed by atoms with E-state index < -0.39 is 0 Å². The number of hydrogen-bond acceptors (Lipinski definition) is 3. The van der Waals surface area contributed by atoms with Crippen LogP contribution < -0.4 is 11.1 Å². The Morgan fingerprint density at radius 2 is 2.44 bits per heavy atom. The zero-order valence-electron chi connectivity index (χ0n) is 9.69. The van der Waals surface area contributed by atoms with E-state index in [1.54, 1.807) is 29.7 Å². The van der Waals surface area contributed by atoms with Crippen molar-refractivity contribution in [1.29, 1.82) is 0 Å². The molecule has 0 aliphatic heterocycles. The van der Waals surface area contributed by atoms with Crippen LogP contribution in [0.25, 0.3) is 0 Å². The summed E-state index contributed by atoms with van der Waals surface area (Å²) in [5, 5.41) is 4.80. The number of carbonyl (C=O) groups is 1. The molecule has 2 aromatic rings. The fraction of sp³-hybridized carbons (Fsp3) is 0.154. The summed E-state index contributed by atoms with van der Waals surface area (Å²) in [6, 6.07) is 5.49. The number of carbonyl (C=O) groups excluding carboxylic acids is 1. The van der Waals surface area contributed by atoms with Crippen molar-refractivity contribution in [3.63, 3.8) is 0 Å². The van der Waals surface area contributed by atoms with Crippen LogP contribution in [0.1, 0.15) is 20.9 Å². The van der Waals surface area contributed by atoms with Gasteiger partial charge in [-0.15, -0.1) is 11.3 Å². The number of nitrogens with two attached hydrogens (primary N) is 1. The molecule has 0 unspecified atom stereocenters. The number of H-pyrrole nitrogens is 1. The Balaban J connectivity index is 1.90. The average molecular weight is 259 g/mol. The van der Waals surface area contributed by atoms with E-state index in [1.807, 2.05) is 11.4 Å². The number of thiophene rings is 1. The van der Waals surface area contributed by atoms with Gasteiger partial charge in [0.05, 0.1) is 13.1 Å². The number of nitrogens with one attached hydrogen (secondary N) is 2. The summed E-state index contributed by atoms with van der Waals surface area (Å²) in [7, 11) is 0.